The van der Waals surface area contributed by atoms with E-state index in [4.69, 9.17) is 9.15 Å². The minimum Gasteiger partial charge on any atom is -0.484 e. The summed E-state index contributed by atoms with van der Waals surface area (Å²) >= 11 is 0. The highest BCUT2D eigenvalue weighted by Gasteiger charge is 2.12. The zero-order chi connectivity index (χ0) is 22.0. The summed E-state index contributed by atoms with van der Waals surface area (Å²) in [4.78, 5) is 24.8. The van der Waals surface area contributed by atoms with E-state index >= 15 is 0 Å². The largest absolute Gasteiger partial charge is 0.484 e. The summed E-state index contributed by atoms with van der Waals surface area (Å²) in [5.41, 5.74) is 5.21. The first kappa shape index (κ1) is 20.4. The predicted molar refractivity (Wildman–Crippen MR) is 123 cm³/mol. The third-order valence-electron chi connectivity index (χ3n) is 5.29. The lowest BCUT2D eigenvalue weighted by Gasteiger charge is -2.11. The highest BCUT2D eigenvalue weighted by Crippen LogP contribution is 2.26. The molecule has 0 aliphatic rings. The molecule has 156 valence electrons. The third-order valence-corrected chi connectivity index (χ3v) is 5.29. The number of fused-ring (bicyclic) bond motifs is 1. The van der Waals surface area contributed by atoms with Crippen LogP contribution in [-0.4, -0.2) is 12.5 Å². The van der Waals surface area contributed by atoms with Gasteiger partial charge in [0.25, 0.3) is 5.91 Å². The van der Waals surface area contributed by atoms with Crippen LogP contribution in [0.2, 0.25) is 0 Å². The normalized spacial score (nSPS) is 10.8. The van der Waals surface area contributed by atoms with Crippen molar-refractivity contribution in [2.45, 2.75) is 20.8 Å². The number of rotatable bonds is 5. The molecule has 0 unspecified atom stereocenters. The van der Waals surface area contributed by atoms with Crippen molar-refractivity contribution in [2.75, 3.05) is 11.9 Å². The lowest BCUT2D eigenvalue weighted by Crippen LogP contribution is -2.20. The van der Waals surface area contributed by atoms with E-state index in [2.05, 4.69) is 5.32 Å². The van der Waals surface area contributed by atoms with Crippen molar-refractivity contribution >= 4 is 22.6 Å². The first-order valence-electron chi connectivity index (χ1n) is 10.0. The summed E-state index contributed by atoms with van der Waals surface area (Å²) in [5, 5.41) is 3.70. The fourth-order valence-corrected chi connectivity index (χ4v) is 3.44. The summed E-state index contributed by atoms with van der Waals surface area (Å²) in [6.07, 6.45) is 0. The maximum Gasteiger partial charge on any atom is 0.344 e. The molecule has 0 saturated heterocycles. The van der Waals surface area contributed by atoms with Gasteiger partial charge in [0.2, 0.25) is 0 Å². The standard InChI is InChI=1S/C26H23NO4/c1-16-8-10-21(13-17(16)2)30-15-25(28)27-20-9-11-22(18(3)12-20)23-14-19-6-4-5-7-24(19)31-26(23)29/h4-14H,15H2,1-3H3,(H,27,28). The van der Waals surface area contributed by atoms with Crippen molar-refractivity contribution in [3.63, 3.8) is 0 Å². The molecule has 4 rings (SSSR count). The Hall–Kier alpha value is -3.86. The average molecular weight is 413 g/mol. The number of para-hydroxylation sites is 1. The van der Waals surface area contributed by atoms with Gasteiger partial charge in [0, 0.05) is 11.1 Å². The first-order valence-corrected chi connectivity index (χ1v) is 10.0. The lowest BCUT2D eigenvalue weighted by molar-refractivity contribution is -0.118. The third kappa shape index (κ3) is 4.51. The molecule has 3 aromatic carbocycles. The van der Waals surface area contributed by atoms with Crippen molar-refractivity contribution in [2.24, 2.45) is 0 Å². The second-order valence-corrected chi connectivity index (χ2v) is 7.60. The topological polar surface area (TPSA) is 68.5 Å². The minimum absolute atomic E-state index is 0.0858. The molecule has 31 heavy (non-hydrogen) atoms. The molecular formula is C26H23NO4. The second-order valence-electron chi connectivity index (χ2n) is 7.60. The van der Waals surface area contributed by atoms with Gasteiger partial charge < -0.3 is 14.5 Å². The Morgan fingerprint density at radius 3 is 2.45 bits per heavy atom. The number of aryl methyl sites for hydroxylation is 3. The monoisotopic (exact) mass is 413 g/mol. The van der Waals surface area contributed by atoms with E-state index in [1.54, 1.807) is 12.1 Å². The molecular weight excluding hydrogens is 390 g/mol. The van der Waals surface area contributed by atoms with Crippen molar-refractivity contribution in [3.8, 4) is 16.9 Å². The van der Waals surface area contributed by atoms with Gasteiger partial charge in [0.15, 0.2) is 6.61 Å². The first-order chi connectivity index (χ1) is 14.9. The molecule has 0 fully saturated rings. The molecule has 0 saturated carbocycles. The van der Waals surface area contributed by atoms with Crippen molar-refractivity contribution in [1.29, 1.82) is 0 Å². The molecule has 5 nitrogen and oxygen atoms in total. The van der Waals surface area contributed by atoms with Crippen LogP contribution in [0.25, 0.3) is 22.1 Å². The SMILES string of the molecule is Cc1ccc(OCC(=O)Nc2ccc(-c3cc4ccccc4oc3=O)c(C)c2)cc1C. The predicted octanol–water partition coefficient (Wildman–Crippen LogP) is 5.40. The van der Waals surface area contributed by atoms with Gasteiger partial charge in [-0.3, -0.25) is 4.79 Å². The number of carbonyl (C=O) groups excluding carboxylic acids is 1. The molecule has 1 heterocycles. The van der Waals surface area contributed by atoms with Crippen LogP contribution in [-0.2, 0) is 4.79 Å². The van der Waals surface area contributed by atoms with Crippen molar-refractivity contribution in [3.05, 3.63) is 93.8 Å². The van der Waals surface area contributed by atoms with Crippen LogP contribution in [0.15, 0.2) is 75.9 Å². The maximum atomic E-state index is 12.5. The van der Waals surface area contributed by atoms with Crippen LogP contribution in [0.1, 0.15) is 16.7 Å². The summed E-state index contributed by atoms with van der Waals surface area (Å²) in [5.74, 6) is 0.406. The number of hydrogen-bond donors (Lipinski definition) is 1. The highest BCUT2D eigenvalue weighted by molar-refractivity contribution is 5.92. The molecule has 1 N–H and O–H groups in total. The van der Waals surface area contributed by atoms with Crippen LogP contribution in [0.3, 0.4) is 0 Å². The van der Waals surface area contributed by atoms with Gasteiger partial charge in [-0.05, 0) is 79.4 Å². The van der Waals surface area contributed by atoms with Gasteiger partial charge in [-0.2, -0.15) is 0 Å². The molecule has 0 aliphatic heterocycles. The molecule has 0 atom stereocenters. The highest BCUT2D eigenvalue weighted by atomic mass is 16.5. The molecule has 0 bridgehead atoms. The van der Waals surface area contributed by atoms with Gasteiger partial charge in [-0.25, -0.2) is 4.79 Å². The molecule has 1 aromatic heterocycles. The van der Waals surface area contributed by atoms with Gasteiger partial charge in [-0.1, -0.05) is 30.3 Å². The summed E-state index contributed by atoms with van der Waals surface area (Å²) in [7, 11) is 0. The number of anilines is 1. The molecule has 5 heteroatoms. The van der Waals surface area contributed by atoms with E-state index < -0.39 is 0 Å². The molecule has 0 spiro atoms. The minimum atomic E-state index is -0.389. The van der Waals surface area contributed by atoms with E-state index in [1.165, 1.54) is 5.56 Å². The molecule has 4 aromatic rings. The van der Waals surface area contributed by atoms with E-state index in [0.717, 1.165) is 22.1 Å². The molecule has 0 aliphatic carbocycles. The van der Waals surface area contributed by atoms with Gasteiger partial charge >= 0.3 is 5.63 Å². The Bertz CT molecular complexity index is 1340. The zero-order valence-corrected chi connectivity index (χ0v) is 17.7. The Balaban J connectivity index is 1.48. The Morgan fingerprint density at radius 2 is 1.68 bits per heavy atom. The lowest BCUT2D eigenvalue weighted by atomic mass is 10.0. The van der Waals surface area contributed by atoms with Crippen LogP contribution < -0.4 is 15.7 Å². The van der Waals surface area contributed by atoms with Crippen LogP contribution in [0.5, 0.6) is 5.75 Å². The van der Waals surface area contributed by atoms with E-state index in [0.29, 0.717) is 22.6 Å². The number of benzene rings is 3. The van der Waals surface area contributed by atoms with Gasteiger partial charge in [-0.15, -0.1) is 0 Å². The Labute approximate surface area is 180 Å². The van der Waals surface area contributed by atoms with Crippen molar-refractivity contribution < 1.29 is 13.9 Å². The van der Waals surface area contributed by atoms with E-state index in [-0.39, 0.29) is 18.1 Å². The number of hydrogen-bond acceptors (Lipinski definition) is 4. The number of amides is 1. The van der Waals surface area contributed by atoms with Gasteiger partial charge in [0.05, 0.1) is 5.56 Å². The second kappa shape index (κ2) is 8.48. The van der Waals surface area contributed by atoms with Crippen molar-refractivity contribution in [1.82, 2.24) is 0 Å². The fraction of sp³-hybridized carbons (Fsp3) is 0.154. The average Bonchev–Trinajstić information content (AvgIpc) is 2.74. The Kier molecular flexibility index (Phi) is 5.58. The van der Waals surface area contributed by atoms with E-state index in [1.807, 2.05) is 75.4 Å². The van der Waals surface area contributed by atoms with Crippen LogP contribution in [0, 0.1) is 20.8 Å². The summed E-state index contributed by atoms with van der Waals surface area (Å²) in [6.45, 7) is 5.84. The zero-order valence-electron chi connectivity index (χ0n) is 17.7. The number of carbonyl (C=O) groups is 1. The van der Waals surface area contributed by atoms with Crippen LogP contribution in [0.4, 0.5) is 5.69 Å². The molecule has 0 radical (unpaired) electrons. The summed E-state index contributed by atoms with van der Waals surface area (Å²) in [6, 6.07) is 20.4. The van der Waals surface area contributed by atoms with Gasteiger partial charge in [0.1, 0.15) is 11.3 Å². The number of nitrogens with one attached hydrogen (secondary N) is 1. The number of ether oxygens (including phenoxy) is 1. The quantitative estimate of drug-likeness (QED) is 0.445. The molecule has 1 amide bonds. The smallest absolute Gasteiger partial charge is 0.344 e. The van der Waals surface area contributed by atoms with E-state index in [9.17, 15) is 9.59 Å². The summed E-state index contributed by atoms with van der Waals surface area (Å²) < 4.78 is 11.0. The Morgan fingerprint density at radius 1 is 0.871 bits per heavy atom. The fourth-order valence-electron chi connectivity index (χ4n) is 3.44. The van der Waals surface area contributed by atoms with Crippen LogP contribution >= 0.6 is 0 Å². The maximum absolute atomic E-state index is 12.5.